The topological polar surface area (TPSA) is 20.2 Å². The van der Waals surface area contributed by atoms with Gasteiger partial charge in [-0.25, -0.2) is 0 Å². The Labute approximate surface area is 69.4 Å². The molecule has 0 aliphatic rings. The van der Waals surface area contributed by atoms with Gasteiger partial charge >= 0.3 is 0 Å². The molecule has 0 rings (SSSR count). The minimum Gasteiger partial charge on any atom is -0.389 e. The van der Waals surface area contributed by atoms with Gasteiger partial charge in [0.2, 0.25) is 0 Å². The minimum atomic E-state index is -0.357. The Balaban J connectivity index is 3.62. The number of aliphatic hydroxyl groups is 1. The van der Waals surface area contributed by atoms with Gasteiger partial charge in [0, 0.05) is 0 Å². The second-order valence-corrected chi connectivity index (χ2v) is 2.95. The Bertz CT molecular complexity index is 156. The molecular formula is C10H17O. The summed E-state index contributed by atoms with van der Waals surface area (Å²) in [6.07, 6.45) is 3.13. The van der Waals surface area contributed by atoms with Gasteiger partial charge in [0.05, 0.1) is 6.10 Å². The van der Waals surface area contributed by atoms with Gasteiger partial charge in [-0.2, -0.15) is 0 Å². The average Bonchev–Trinajstić information content (AvgIpc) is 1.99. The average molecular weight is 153 g/mol. The van der Waals surface area contributed by atoms with E-state index in [0.29, 0.717) is 0 Å². The molecule has 1 N–H and O–H groups in total. The summed E-state index contributed by atoms with van der Waals surface area (Å²) in [5.41, 5.74) is 2.05. The van der Waals surface area contributed by atoms with E-state index in [1.54, 1.807) is 0 Å². The maximum Gasteiger partial charge on any atom is 0.0747 e. The molecule has 63 valence electrons. The molecule has 1 heteroatoms. The lowest BCUT2D eigenvalue weighted by Gasteiger charge is -2.09. The fourth-order valence-electron chi connectivity index (χ4n) is 0.713. The predicted octanol–water partition coefficient (Wildman–Crippen LogP) is 2.48. The quantitative estimate of drug-likeness (QED) is 0.615. The van der Waals surface area contributed by atoms with Gasteiger partial charge in [0.15, 0.2) is 0 Å². The van der Waals surface area contributed by atoms with E-state index in [1.165, 1.54) is 5.57 Å². The molecule has 0 aliphatic heterocycles. The minimum absolute atomic E-state index is 0.357. The second-order valence-electron chi connectivity index (χ2n) is 2.95. The van der Waals surface area contributed by atoms with Crippen molar-refractivity contribution in [1.29, 1.82) is 0 Å². The van der Waals surface area contributed by atoms with Crippen LogP contribution in [0.3, 0.4) is 0 Å². The summed E-state index contributed by atoms with van der Waals surface area (Å²) < 4.78 is 0. The Morgan fingerprint density at radius 3 is 2.45 bits per heavy atom. The van der Waals surface area contributed by atoms with Crippen molar-refractivity contribution in [3.63, 3.8) is 0 Å². The van der Waals surface area contributed by atoms with Crippen molar-refractivity contribution in [2.24, 2.45) is 0 Å². The van der Waals surface area contributed by atoms with Crippen molar-refractivity contribution in [2.75, 3.05) is 0 Å². The van der Waals surface area contributed by atoms with Crippen LogP contribution in [-0.4, -0.2) is 11.2 Å². The van der Waals surface area contributed by atoms with Gasteiger partial charge in [0.1, 0.15) is 0 Å². The summed E-state index contributed by atoms with van der Waals surface area (Å²) in [6, 6.07) is 0. The number of hydrogen-bond acceptors (Lipinski definition) is 1. The number of aliphatic hydroxyl groups excluding tert-OH is 1. The molecule has 0 fully saturated rings. The van der Waals surface area contributed by atoms with Crippen LogP contribution in [0.1, 0.15) is 26.7 Å². The molecule has 1 radical (unpaired) electrons. The lowest BCUT2D eigenvalue weighted by atomic mass is 10.0. The van der Waals surface area contributed by atoms with Crippen LogP contribution in [0.2, 0.25) is 0 Å². The highest BCUT2D eigenvalue weighted by Crippen LogP contribution is 2.10. The van der Waals surface area contributed by atoms with E-state index in [1.807, 2.05) is 19.9 Å². The monoisotopic (exact) mass is 153 g/mol. The van der Waals surface area contributed by atoms with E-state index in [9.17, 15) is 5.11 Å². The van der Waals surface area contributed by atoms with Crippen LogP contribution in [0.5, 0.6) is 0 Å². The SMILES string of the molecule is [CH2]C=C(C)CCC(O)C(=C)C. The van der Waals surface area contributed by atoms with Crippen molar-refractivity contribution in [3.8, 4) is 0 Å². The zero-order valence-electron chi connectivity index (χ0n) is 7.43. The van der Waals surface area contributed by atoms with Crippen LogP contribution in [0, 0.1) is 6.92 Å². The molecule has 0 saturated heterocycles. The first-order valence-corrected chi connectivity index (χ1v) is 3.86. The Hall–Kier alpha value is -0.560. The summed E-state index contributed by atoms with van der Waals surface area (Å²) in [5.74, 6) is 0. The lowest BCUT2D eigenvalue weighted by Crippen LogP contribution is -2.06. The molecule has 0 saturated carbocycles. The summed E-state index contributed by atoms with van der Waals surface area (Å²) in [5, 5.41) is 9.32. The molecule has 0 aromatic carbocycles. The Morgan fingerprint density at radius 2 is 2.09 bits per heavy atom. The maximum atomic E-state index is 9.32. The van der Waals surface area contributed by atoms with Gasteiger partial charge in [-0.15, -0.1) is 0 Å². The van der Waals surface area contributed by atoms with Gasteiger partial charge < -0.3 is 5.11 Å². The third-order valence-corrected chi connectivity index (χ3v) is 1.73. The molecular weight excluding hydrogens is 136 g/mol. The molecule has 0 spiro atoms. The highest BCUT2D eigenvalue weighted by atomic mass is 16.3. The van der Waals surface area contributed by atoms with Crippen molar-refractivity contribution in [3.05, 3.63) is 30.7 Å². The molecule has 0 aromatic heterocycles. The molecule has 0 bridgehead atoms. The highest BCUT2D eigenvalue weighted by molar-refractivity contribution is 5.03. The predicted molar refractivity (Wildman–Crippen MR) is 49.2 cm³/mol. The molecule has 0 heterocycles. The smallest absolute Gasteiger partial charge is 0.0747 e. The third-order valence-electron chi connectivity index (χ3n) is 1.73. The molecule has 0 aliphatic carbocycles. The normalized spacial score (nSPS) is 14.7. The summed E-state index contributed by atoms with van der Waals surface area (Å²) in [4.78, 5) is 0. The molecule has 1 nitrogen and oxygen atoms in total. The fourth-order valence-corrected chi connectivity index (χ4v) is 0.713. The number of allylic oxidation sites excluding steroid dienone is 2. The van der Waals surface area contributed by atoms with Crippen molar-refractivity contribution in [1.82, 2.24) is 0 Å². The second kappa shape index (κ2) is 5.14. The Morgan fingerprint density at radius 1 is 1.55 bits per heavy atom. The molecule has 0 aromatic rings. The van der Waals surface area contributed by atoms with Crippen molar-refractivity contribution >= 4 is 0 Å². The van der Waals surface area contributed by atoms with Crippen molar-refractivity contribution < 1.29 is 5.11 Å². The van der Waals surface area contributed by atoms with E-state index < -0.39 is 0 Å². The summed E-state index contributed by atoms with van der Waals surface area (Å²) >= 11 is 0. The summed E-state index contributed by atoms with van der Waals surface area (Å²) in [6.45, 7) is 11.2. The first-order chi connectivity index (χ1) is 5.07. The van der Waals surface area contributed by atoms with Crippen LogP contribution in [0.4, 0.5) is 0 Å². The fraction of sp³-hybridized carbons (Fsp3) is 0.500. The molecule has 0 amide bonds. The van der Waals surface area contributed by atoms with Gasteiger partial charge in [-0.3, -0.25) is 0 Å². The zero-order chi connectivity index (χ0) is 8.85. The zero-order valence-corrected chi connectivity index (χ0v) is 7.43. The van der Waals surface area contributed by atoms with E-state index >= 15 is 0 Å². The van der Waals surface area contributed by atoms with Gasteiger partial charge in [-0.05, 0) is 33.6 Å². The largest absolute Gasteiger partial charge is 0.389 e. The molecule has 1 atom stereocenters. The first-order valence-electron chi connectivity index (χ1n) is 3.86. The van der Waals surface area contributed by atoms with Crippen LogP contribution in [0.25, 0.3) is 0 Å². The van der Waals surface area contributed by atoms with Gasteiger partial charge in [0.25, 0.3) is 0 Å². The van der Waals surface area contributed by atoms with Crippen LogP contribution >= 0.6 is 0 Å². The summed E-state index contributed by atoms with van der Waals surface area (Å²) in [7, 11) is 0. The number of hydrogen-bond donors (Lipinski definition) is 1. The lowest BCUT2D eigenvalue weighted by molar-refractivity contribution is 0.201. The van der Waals surface area contributed by atoms with E-state index in [0.717, 1.165) is 18.4 Å². The van der Waals surface area contributed by atoms with Crippen LogP contribution < -0.4 is 0 Å². The van der Waals surface area contributed by atoms with Gasteiger partial charge in [-0.1, -0.05) is 23.8 Å². The molecule has 11 heavy (non-hydrogen) atoms. The molecule has 1 unspecified atom stereocenters. The first kappa shape index (κ1) is 10.4. The van der Waals surface area contributed by atoms with E-state index in [-0.39, 0.29) is 6.10 Å². The van der Waals surface area contributed by atoms with E-state index in [2.05, 4.69) is 13.5 Å². The van der Waals surface area contributed by atoms with Crippen molar-refractivity contribution in [2.45, 2.75) is 32.8 Å². The van der Waals surface area contributed by atoms with Crippen LogP contribution in [0.15, 0.2) is 23.8 Å². The third kappa shape index (κ3) is 4.79. The Kier molecular flexibility index (Phi) is 4.88. The maximum absolute atomic E-state index is 9.32. The van der Waals surface area contributed by atoms with Crippen LogP contribution in [-0.2, 0) is 0 Å². The number of rotatable bonds is 4. The standard InChI is InChI=1S/C10H17O/c1-5-9(4)6-7-10(11)8(2)3/h5,10-11H,1-2,6-7H2,3-4H3. The highest BCUT2D eigenvalue weighted by Gasteiger charge is 2.03. The van der Waals surface area contributed by atoms with E-state index in [4.69, 9.17) is 0 Å².